The van der Waals surface area contributed by atoms with Crippen molar-refractivity contribution in [1.82, 2.24) is 15.1 Å². The average Bonchev–Trinajstić information content (AvgIpc) is 3.26. The van der Waals surface area contributed by atoms with Crippen molar-refractivity contribution in [3.05, 3.63) is 29.8 Å². The standard InChI is InChI=1S/C19H25N3O4S2/c1-4-14(3)22(16-8-9-28(24,25)12-16)17(23)11-27-19-21-20-18(26-19)15-7-5-6-13(2)10-15/h5-7,10,14,16H,4,8-9,11-12H2,1-3H3/t14-,16+/m0/s1. The fourth-order valence-electron chi connectivity index (χ4n) is 3.36. The second-order valence-electron chi connectivity index (χ2n) is 7.15. The maximum atomic E-state index is 12.9. The number of thioether (sulfide) groups is 1. The number of carbonyl (C=O) groups is 1. The van der Waals surface area contributed by atoms with Crippen molar-refractivity contribution < 1.29 is 17.6 Å². The zero-order chi connectivity index (χ0) is 20.3. The van der Waals surface area contributed by atoms with Gasteiger partial charge in [0, 0.05) is 17.6 Å². The number of nitrogens with zero attached hydrogens (tertiary/aromatic N) is 3. The molecule has 0 unspecified atom stereocenters. The molecule has 0 N–H and O–H groups in total. The fraction of sp³-hybridized carbons (Fsp3) is 0.526. The lowest BCUT2D eigenvalue weighted by Gasteiger charge is -2.33. The minimum atomic E-state index is -3.06. The number of aryl methyl sites for hydroxylation is 1. The molecule has 1 aliphatic heterocycles. The van der Waals surface area contributed by atoms with Crippen molar-refractivity contribution in [2.75, 3.05) is 17.3 Å². The van der Waals surface area contributed by atoms with Gasteiger partial charge in [-0.15, -0.1) is 10.2 Å². The van der Waals surface area contributed by atoms with Gasteiger partial charge in [0.25, 0.3) is 5.22 Å². The molecule has 7 nitrogen and oxygen atoms in total. The topological polar surface area (TPSA) is 93.4 Å². The molecule has 1 aromatic carbocycles. The van der Waals surface area contributed by atoms with Crippen LogP contribution >= 0.6 is 11.8 Å². The smallest absolute Gasteiger partial charge is 0.277 e. The summed E-state index contributed by atoms with van der Waals surface area (Å²) >= 11 is 1.18. The Labute approximate surface area is 169 Å². The first-order valence-corrected chi connectivity index (χ1v) is 12.1. The summed E-state index contributed by atoms with van der Waals surface area (Å²) in [7, 11) is -3.06. The molecule has 152 valence electrons. The lowest BCUT2D eigenvalue weighted by Crippen LogP contribution is -2.47. The molecule has 1 saturated heterocycles. The monoisotopic (exact) mass is 423 g/mol. The van der Waals surface area contributed by atoms with Gasteiger partial charge in [-0.25, -0.2) is 8.42 Å². The molecule has 28 heavy (non-hydrogen) atoms. The Morgan fingerprint density at radius 2 is 2.18 bits per heavy atom. The third-order valence-electron chi connectivity index (χ3n) is 4.95. The van der Waals surface area contributed by atoms with Crippen LogP contribution in [-0.2, 0) is 14.6 Å². The third-order valence-corrected chi connectivity index (χ3v) is 7.50. The summed E-state index contributed by atoms with van der Waals surface area (Å²) in [6.07, 6.45) is 1.27. The predicted molar refractivity (Wildman–Crippen MR) is 109 cm³/mol. The molecule has 2 aromatic rings. The molecule has 0 saturated carbocycles. The first-order valence-electron chi connectivity index (χ1n) is 9.34. The van der Waals surface area contributed by atoms with Crippen LogP contribution in [0, 0.1) is 6.92 Å². The molecule has 2 heterocycles. The zero-order valence-electron chi connectivity index (χ0n) is 16.3. The van der Waals surface area contributed by atoms with Gasteiger partial charge in [-0.1, -0.05) is 36.4 Å². The van der Waals surface area contributed by atoms with Crippen molar-refractivity contribution in [2.24, 2.45) is 0 Å². The average molecular weight is 424 g/mol. The normalized spacial score (nSPS) is 19.5. The molecule has 9 heteroatoms. The van der Waals surface area contributed by atoms with Crippen molar-refractivity contribution in [3.8, 4) is 11.5 Å². The lowest BCUT2D eigenvalue weighted by atomic mass is 10.1. The van der Waals surface area contributed by atoms with Gasteiger partial charge >= 0.3 is 0 Å². The largest absolute Gasteiger partial charge is 0.411 e. The highest BCUT2D eigenvalue weighted by Gasteiger charge is 2.36. The highest BCUT2D eigenvalue weighted by Crippen LogP contribution is 2.26. The van der Waals surface area contributed by atoms with E-state index in [2.05, 4.69) is 10.2 Å². The lowest BCUT2D eigenvalue weighted by molar-refractivity contribution is -0.132. The summed E-state index contributed by atoms with van der Waals surface area (Å²) in [5.41, 5.74) is 1.93. The van der Waals surface area contributed by atoms with Crippen LogP contribution in [0.4, 0.5) is 0 Å². The van der Waals surface area contributed by atoms with Crippen molar-refractivity contribution in [3.63, 3.8) is 0 Å². The summed E-state index contributed by atoms with van der Waals surface area (Å²) in [6, 6.07) is 7.49. The number of amides is 1. The Balaban J connectivity index is 1.66. The first-order chi connectivity index (χ1) is 13.3. The summed E-state index contributed by atoms with van der Waals surface area (Å²) < 4.78 is 29.4. The number of hydrogen-bond donors (Lipinski definition) is 0. The van der Waals surface area contributed by atoms with Crippen molar-refractivity contribution in [1.29, 1.82) is 0 Å². The Bertz CT molecular complexity index is 942. The third kappa shape index (κ3) is 4.94. The Kier molecular flexibility index (Phi) is 6.44. The van der Waals surface area contributed by atoms with Gasteiger partial charge in [-0.05, 0) is 38.8 Å². The molecule has 2 atom stereocenters. The van der Waals surface area contributed by atoms with Gasteiger partial charge in [0.15, 0.2) is 9.84 Å². The zero-order valence-corrected chi connectivity index (χ0v) is 17.9. The molecule has 1 fully saturated rings. The molecule has 3 rings (SSSR count). The second-order valence-corrected chi connectivity index (χ2v) is 10.3. The van der Waals surface area contributed by atoms with E-state index in [-0.39, 0.29) is 35.2 Å². The molecule has 0 bridgehead atoms. The van der Waals surface area contributed by atoms with Crippen molar-refractivity contribution in [2.45, 2.75) is 50.9 Å². The van der Waals surface area contributed by atoms with E-state index in [1.54, 1.807) is 4.90 Å². The number of hydrogen-bond acceptors (Lipinski definition) is 7. The number of carbonyl (C=O) groups excluding carboxylic acids is 1. The van der Waals surface area contributed by atoms with Crippen LogP contribution in [0.1, 0.15) is 32.3 Å². The number of rotatable bonds is 7. The first kappa shape index (κ1) is 20.9. The van der Waals surface area contributed by atoms with E-state index in [0.717, 1.165) is 17.5 Å². The molecule has 0 spiro atoms. The molecular weight excluding hydrogens is 398 g/mol. The Morgan fingerprint density at radius 3 is 2.82 bits per heavy atom. The van der Waals surface area contributed by atoms with E-state index >= 15 is 0 Å². The van der Waals surface area contributed by atoms with E-state index in [9.17, 15) is 13.2 Å². The van der Waals surface area contributed by atoms with Gasteiger partial charge in [-0.2, -0.15) is 0 Å². The minimum absolute atomic E-state index is 0.0167. The Morgan fingerprint density at radius 1 is 1.39 bits per heavy atom. The highest BCUT2D eigenvalue weighted by molar-refractivity contribution is 7.99. The molecule has 1 aromatic heterocycles. The molecule has 0 aliphatic carbocycles. The van der Waals surface area contributed by atoms with Gasteiger partial charge in [0.05, 0.1) is 17.3 Å². The van der Waals surface area contributed by atoms with E-state index in [1.807, 2.05) is 45.0 Å². The number of aromatic nitrogens is 2. The van der Waals surface area contributed by atoms with E-state index in [1.165, 1.54) is 11.8 Å². The molecule has 1 amide bonds. The van der Waals surface area contributed by atoms with Gasteiger partial charge < -0.3 is 9.32 Å². The quantitative estimate of drug-likeness (QED) is 0.632. The SMILES string of the molecule is CC[C@H](C)N(C(=O)CSc1nnc(-c2cccc(C)c2)o1)[C@@H]1CCS(=O)(=O)C1. The van der Waals surface area contributed by atoms with Crippen LogP contribution < -0.4 is 0 Å². The Hall–Kier alpha value is -1.87. The van der Waals surface area contributed by atoms with E-state index in [4.69, 9.17) is 4.42 Å². The van der Waals surface area contributed by atoms with E-state index < -0.39 is 9.84 Å². The predicted octanol–water partition coefficient (Wildman–Crippen LogP) is 2.95. The number of sulfone groups is 1. The van der Waals surface area contributed by atoms with Crippen LogP contribution in [-0.4, -0.2) is 58.8 Å². The summed E-state index contributed by atoms with van der Waals surface area (Å²) in [5, 5.41) is 8.40. The van der Waals surface area contributed by atoms with Gasteiger partial charge in [0.2, 0.25) is 11.8 Å². The minimum Gasteiger partial charge on any atom is -0.411 e. The maximum Gasteiger partial charge on any atom is 0.277 e. The van der Waals surface area contributed by atoms with E-state index in [0.29, 0.717) is 17.5 Å². The van der Waals surface area contributed by atoms with Crippen LogP contribution in [0.3, 0.4) is 0 Å². The summed E-state index contributed by atoms with van der Waals surface area (Å²) in [5.74, 6) is 0.646. The molecule has 1 aliphatic rings. The van der Waals surface area contributed by atoms with Crippen LogP contribution in [0.25, 0.3) is 11.5 Å². The summed E-state index contributed by atoms with van der Waals surface area (Å²) in [6.45, 7) is 5.94. The van der Waals surface area contributed by atoms with Crippen molar-refractivity contribution >= 4 is 27.5 Å². The van der Waals surface area contributed by atoms with Gasteiger partial charge in [-0.3, -0.25) is 4.79 Å². The second kappa shape index (κ2) is 8.65. The maximum absolute atomic E-state index is 12.9. The fourth-order valence-corrected chi connectivity index (χ4v) is 5.71. The van der Waals surface area contributed by atoms with Crippen LogP contribution in [0.5, 0.6) is 0 Å². The molecular formula is C19H25N3O4S2. The van der Waals surface area contributed by atoms with Crippen LogP contribution in [0.15, 0.2) is 33.9 Å². The number of benzene rings is 1. The van der Waals surface area contributed by atoms with Crippen LogP contribution in [0.2, 0.25) is 0 Å². The molecule has 0 radical (unpaired) electrons. The van der Waals surface area contributed by atoms with Gasteiger partial charge in [0.1, 0.15) is 0 Å². The highest BCUT2D eigenvalue weighted by atomic mass is 32.2. The summed E-state index contributed by atoms with van der Waals surface area (Å²) in [4.78, 5) is 14.6.